The highest BCUT2D eigenvalue weighted by Crippen LogP contribution is 2.04. The van der Waals surface area contributed by atoms with Crippen molar-refractivity contribution in [1.82, 2.24) is 15.5 Å². The van der Waals surface area contributed by atoms with Gasteiger partial charge in [0.25, 0.3) is 0 Å². The Balaban J connectivity index is 2.08. The van der Waals surface area contributed by atoms with Crippen LogP contribution < -0.4 is 10.6 Å². The van der Waals surface area contributed by atoms with Gasteiger partial charge in [0.2, 0.25) is 5.89 Å². The summed E-state index contributed by atoms with van der Waals surface area (Å²) in [7, 11) is 0. The third-order valence-electron chi connectivity index (χ3n) is 2.08. The number of nitrogens with zero attached hydrogens (tertiary/aromatic N) is 2. The number of hydrogen-bond donors (Lipinski definition) is 2. The van der Waals surface area contributed by atoms with Crippen molar-refractivity contribution in [3.05, 3.63) is 5.89 Å². The monoisotopic (exact) mass is 242 g/mol. The van der Waals surface area contributed by atoms with E-state index in [4.69, 9.17) is 9.15 Å². The molecule has 0 amide bonds. The van der Waals surface area contributed by atoms with Gasteiger partial charge in [-0.2, -0.15) is 0 Å². The lowest BCUT2D eigenvalue weighted by Crippen LogP contribution is -2.11. The third kappa shape index (κ3) is 6.23. The van der Waals surface area contributed by atoms with E-state index in [9.17, 15) is 0 Å². The van der Waals surface area contributed by atoms with E-state index in [1.54, 1.807) is 0 Å². The zero-order valence-electron chi connectivity index (χ0n) is 10.7. The number of ether oxygens (including phenoxy) is 1. The van der Waals surface area contributed by atoms with Crippen molar-refractivity contribution in [3.63, 3.8) is 0 Å². The number of rotatable bonds is 10. The summed E-state index contributed by atoms with van der Waals surface area (Å²) in [5.74, 6) is 0.608. The van der Waals surface area contributed by atoms with E-state index in [1.807, 2.05) is 6.92 Å². The number of aromatic nitrogens is 2. The molecule has 0 atom stereocenters. The molecule has 0 aromatic carbocycles. The van der Waals surface area contributed by atoms with Gasteiger partial charge in [0.15, 0.2) is 0 Å². The summed E-state index contributed by atoms with van der Waals surface area (Å²) in [5, 5.41) is 14.0. The lowest BCUT2D eigenvalue weighted by Gasteiger charge is -2.02. The van der Waals surface area contributed by atoms with Crippen LogP contribution >= 0.6 is 0 Å². The van der Waals surface area contributed by atoms with E-state index in [0.717, 1.165) is 39.1 Å². The molecular weight excluding hydrogens is 220 g/mol. The zero-order valence-corrected chi connectivity index (χ0v) is 10.7. The van der Waals surface area contributed by atoms with Crippen molar-refractivity contribution in [2.45, 2.75) is 33.2 Å². The van der Waals surface area contributed by atoms with Gasteiger partial charge in [-0.05, 0) is 19.4 Å². The molecule has 1 rings (SSSR count). The zero-order chi connectivity index (χ0) is 12.3. The maximum Gasteiger partial charge on any atom is 0.315 e. The molecular formula is C11H22N4O2. The highest BCUT2D eigenvalue weighted by molar-refractivity contribution is 5.16. The van der Waals surface area contributed by atoms with Gasteiger partial charge < -0.3 is 19.8 Å². The molecule has 98 valence electrons. The van der Waals surface area contributed by atoms with Crippen LogP contribution in [0.3, 0.4) is 0 Å². The maximum atomic E-state index is 5.38. The van der Waals surface area contributed by atoms with Gasteiger partial charge in [-0.25, -0.2) is 0 Å². The third-order valence-corrected chi connectivity index (χ3v) is 2.08. The predicted octanol–water partition coefficient (Wildman–Crippen LogP) is 1.41. The Kier molecular flexibility index (Phi) is 7.33. The second-order valence-electron chi connectivity index (χ2n) is 3.67. The van der Waals surface area contributed by atoms with Gasteiger partial charge >= 0.3 is 6.01 Å². The molecule has 0 aliphatic heterocycles. The molecule has 1 aromatic rings. The molecule has 0 spiro atoms. The first-order valence-corrected chi connectivity index (χ1v) is 6.21. The molecule has 6 nitrogen and oxygen atoms in total. The van der Waals surface area contributed by atoms with E-state index in [-0.39, 0.29) is 0 Å². The summed E-state index contributed by atoms with van der Waals surface area (Å²) < 4.78 is 10.7. The van der Waals surface area contributed by atoms with Gasteiger partial charge in [0.1, 0.15) is 0 Å². The van der Waals surface area contributed by atoms with Gasteiger partial charge in [-0.3, -0.25) is 0 Å². The van der Waals surface area contributed by atoms with Crippen LogP contribution in [0.4, 0.5) is 6.01 Å². The molecule has 0 unspecified atom stereocenters. The van der Waals surface area contributed by atoms with Crippen LogP contribution in [-0.2, 0) is 11.3 Å². The maximum absolute atomic E-state index is 5.38. The van der Waals surface area contributed by atoms with Crippen molar-refractivity contribution >= 4 is 6.01 Å². The largest absolute Gasteiger partial charge is 0.407 e. The van der Waals surface area contributed by atoms with Gasteiger partial charge in [-0.15, -0.1) is 5.10 Å². The van der Waals surface area contributed by atoms with Crippen LogP contribution in [0, 0.1) is 0 Å². The van der Waals surface area contributed by atoms with Crippen molar-refractivity contribution < 1.29 is 9.15 Å². The average molecular weight is 242 g/mol. The number of anilines is 1. The Bertz CT molecular complexity index is 291. The van der Waals surface area contributed by atoms with Crippen LogP contribution in [0.2, 0.25) is 0 Å². The Hall–Kier alpha value is -1.14. The highest BCUT2D eigenvalue weighted by atomic mass is 16.5. The Morgan fingerprint density at radius 3 is 2.88 bits per heavy atom. The van der Waals surface area contributed by atoms with E-state index < -0.39 is 0 Å². The first-order chi connectivity index (χ1) is 8.36. The molecule has 0 saturated carbocycles. The summed E-state index contributed by atoms with van der Waals surface area (Å²) in [4.78, 5) is 0. The summed E-state index contributed by atoms with van der Waals surface area (Å²) >= 11 is 0. The highest BCUT2D eigenvalue weighted by Gasteiger charge is 2.03. The fourth-order valence-corrected chi connectivity index (χ4v) is 1.24. The molecule has 0 radical (unpaired) electrons. The fraction of sp³-hybridized carbons (Fsp3) is 0.818. The minimum Gasteiger partial charge on any atom is -0.407 e. The van der Waals surface area contributed by atoms with Crippen LogP contribution in [0.15, 0.2) is 4.42 Å². The normalized spacial score (nSPS) is 10.7. The van der Waals surface area contributed by atoms with E-state index >= 15 is 0 Å². The summed E-state index contributed by atoms with van der Waals surface area (Å²) in [5.41, 5.74) is 0. The molecule has 2 N–H and O–H groups in total. The lowest BCUT2D eigenvalue weighted by molar-refractivity contribution is 0.134. The molecule has 0 fully saturated rings. The topological polar surface area (TPSA) is 72.2 Å². The van der Waals surface area contributed by atoms with Crippen LogP contribution in [0.25, 0.3) is 0 Å². The Morgan fingerprint density at radius 2 is 2.12 bits per heavy atom. The standard InChI is InChI=1S/C11H22N4O2/c1-3-7-16-8-5-6-13-11-15-14-10(17-11)9-12-4-2/h12H,3-9H2,1-2H3,(H,13,15). The van der Waals surface area contributed by atoms with Gasteiger partial charge in [-0.1, -0.05) is 18.9 Å². The smallest absolute Gasteiger partial charge is 0.315 e. The fourth-order valence-electron chi connectivity index (χ4n) is 1.24. The molecule has 0 aliphatic carbocycles. The first kappa shape index (κ1) is 13.9. The summed E-state index contributed by atoms with van der Waals surface area (Å²) in [6.07, 6.45) is 2.00. The molecule has 0 aliphatic rings. The van der Waals surface area contributed by atoms with Crippen LogP contribution in [0.5, 0.6) is 0 Å². The number of nitrogens with one attached hydrogen (secondary N) is 2. The van der Waals surface area contributed by atoms with Crippen molar-refractivity contribution in [3.8, 4) is 0 Å². The number of hydrogen-bond acceptors (Lipinski definition) is 6. The molecule has 6 heteroatoms. The van der Waals surface area contributed by atoms with Crippen molar-refractivity contribution in [2.75, 3.05) is 31.6 Å². The molecule has 1 aromatic heterocycles. The minimum absolute atomic E-state index is 0.480. The van der Waals surface area contributed by atoms with Crippen LogP contribution in [-0.4, -0.2) is 36.5 Å². The van der Waals surface area contributed by atoms with Crippen molar-refractivity contribution in [2.24, 2.45) is 0 Å². The minimum atomic E-state index is 0.480. The predicted molar refractivity (Wildman–Crippen MR) is 65.9 cm³/mol. The summed E-state index contributed by atoms with van der Waals surface area (Å²) in [6.45, 7) is 8.01. The molecule has 1 heterocycles. The van der Waals surface area contributed by atoms with E-state index in [0.29, 0.717) is 18.5 Å². The molecule has 0 saturated heterocycles. The van der Waals surface area contributed by atoms with E-state index in [2.05, 4.69) is 27.8 Å². The lowest BCUT2D eigenvalue weighted by atomic mass is 10.4. The summed E-state index contributed by atoms with van der Waals surface area (Å²) in [6, 6.07) is 0.480. The second-order valence-corrected chi connectivity index (χ2v) is 3.67. The molecule has 17 heavy (non-hydrogen) atoms. The second kappa shape index (κ2) is 8.95. The molecule has 0 bridgehead atoms. The quantitative estimate of drug-likeness (QED) is 0.604. The first-order valence-electron chi connectivity index (χ1n) is 6.21. The Labute approximate surface area is 102 Å². The van der Waals surface area contributed by atoms with Crippen molar-refractivity contribution in [1.29, 1.82) is 0 Å². The van der Waals surface area contributed by atoms with Crippen LogP contribution in [0.1, 0.15) is 32.6 Å². The average Bonchev–Trinajstić information content (AvgIpc) is 2.79. The SMILES string of the molecule is CCCOCCCNc1nnc(CNCC)o1. The van der Waals surface area contributed by atoms with E-state index in [1.165, 1.54) is 0 Å². The van der Waals surface area contributed by atoms with Gasteiger partial charge in [0, 0.05) is 19.8 Å². The Morgan fingerprint density at radius 1 is 1.24 bits per heavy atom. The van der Waals surface area contributed by atoms with Gasteiger partial charge in [0.05, 0.1) is 6.54 Å².